The van der Waals surface area contributed by atoms with Crippen LogP contribution < -0.4 is 5.32 Å². The Labute approximate surface area is 342 Å². The lowest BCUT2D eigenvalue weighted by molar-refractivity contribution is 0.591. The van der Waals surface area contributed by atoms with Crippen LogP contribution in [0.15, 0.2) is 202 Å². The Balaban J connectivity index is 1.09. The van der Waals surface area contributed by atoms with E-state index in [1.54, 1.807) is 0 Å². The van der Waals surface area contributed by atoms with Crippen molar-refractivity contribution < 1.29 is 0 Å². The topological polar surface area (TPSA) is 75.4 Å². The number of aromatic nitrogens is 3. The van der Waals surface area contributed by atoms with Crippen molar-refractivity contribution >= 4 is 23.4 Å². The zero-order chi connectivity index (χ0) is 39.1. The summed E-state index contributed by atoms with van der Waals surface area (Å²) in [5.41, 5.74) is 10.5. The average molecular weight is 767 g/mol. The van der Waals surface area contributed by atoms with Gasteiger partial charge in [0.1, 0.15) is 12.0 Å². The molecule has 1 unspecified atom stereocenters. The highest BCUT2D eigenvalue weighted by molar-refractivity contribution is 7.99. The number of amidine groups is 2. The fourth-order valence-electron chi connectivity index (χ4n) is 7.84. The van der Waals surface area contributed by atoms with Crippen molar-refractivity contribution in [2.75, 3.05) is 0 Å². The Morgan fingerprint density at radius 3 is 1.60 bits per heavy atom. The molecular formula is C51H38N6S. The van der Waals surface area contributed by atoms with Gasteiger partial charge in [0, 0.05) is 48.6 Å². The molecule has 7 heteroatoms. The SMILES string of the molecule is CC1(C)c2ccccc2Sc2c(C3N=C(c4ccc(-c5nc(-c6ccccc6)nc(-c6ccccc6)n5)cc4)N=C(c4ccccc4-c4ccccc4)N3)cccc21. The van der Waals surface area contributed by atoms with Crippen molar-refractivity contribution in [1.82, 2.24) is 20.3 Å². The summed E-state index contributed by atoms with van der Waals surface area (Å²) in [6.45, 7) is 4.64. The summed E-state index contributed by atoms with van der Waals surface area (Å²) in [7, 11) is 0. The smallest absolute Gasteiger partial charge is 0.164 e. The summed E-state index contributed by atoms with van der Waals surface area (Å²) in [6, 6.07) is 62.7. The van der Waals surface area contributed by atoms with Crippen LogP contribution in [0.1, 0.15) is 47.8 Å². The van der Waals surface area contributed by atoms with E-state index in [0.717, 1.165) is 50.3 Å². The second kappa shape index (κ2) is 14.8. The van der Waals surface area contributed by atoms with Crippen LogP contribution >= 0.6 is 11.8 Å². The zero-order valence-electron chi connectivity index (χ0n) is 32.0. The summed E-state index contributed by atoms with van der Waals surface area (Å²) in [5, 5.41) is 3.80. The Morgan fingerprint density at radius 2 is 0.966 bits per heavy atom. The molecule has 0 bridgehead atoms. The van der Waals surface area contributed by atoms with Crippen LogP contribution in [-0.4, -0.2) is 26.6 Å². The number of fused-ring (bicyclic) bond motifs is 2. The molecule has 0 aliphatic carbocycles. The second-order valence-corrected chi connectivity index (χ2v) is 16.0. The van der Waals surface area contributed by atoms with Crippen LogP contribution in [0.25, 0.3) is 45.3 Å². The largest absolute Gasteiger partial charge is 0.344 e. The van der Waals surface area contributed by atoms with E-state index in [4.69, 9.17) is 24.9 Å². The summed E-state index contributed by atoms with van der Waals surface area (Å²) in [6.07, 6.45) is -0.389. The third-order valence-corrected chi connectivity index (χ3v) is 12.1. The molecule has 1 atom stereocenters. The lowest BCUT2D eigenvalue weighted by atomic mass is 9.77. The van der Waals surface area contributed by atoms with Crippen LogP contribution in [0.2, 0.25) is 0 Å². The van der Waals surface area contributed by atoms with Crippen molar-refractivity contribution in [2.24, 2.45) is 9.98 Å². The van der Waals surface area contributed by atoms with Gasteiger partial charge in [-0.3, -0.25) is 0 Å². The molecular weight excluding hydrogens is 729 g/mol. The molecule has 8 aromatic rings. The highest BCUT2D eigenvalue weighted by Gasteiger charge is 2.36. The predicted molar refractivity (Wildman–Crippen MR) is 236 cm³/mol. The maximum Gasteiger partial charge on any atom is 0.164 e. The van der Waals surface area contributed by atoms with Gasteiger partial charge in [-0.15, -0.1) is 0 Å². The average Bonchev–Trinajstić information content (AvgIpc) is 3.29. The number of benzene rings is 7. The number of aliphatic imine (C=N–C) groups is 2. The van der Waals surface area contributed by atoms with Gasteiger partial charge in [0.25, 0.3) is 0 Å². The quantitative estimate of drug-likeness (QED) is 0.175. The highest BCUT2D eigenvalue weighted by atomic mass is 32.2. The first-order chi connectivity index (χ1) is 28.5. The molecule has 0 amide bonds. The number of nitrogens with zero attached hydrogens (tertiary/aromatic N) is 5. The molecule has 278 valence electrons. The summed E-state index contributed by atoms with van der Waals surface area (Å²) in [4.78, 5) is 28.0. The van der Waals surface area contributed by atoms with Crippen molar-refractivity contribution in [3.63, 3.8) is 0 Å². The summed E-state index contributed by atoms with van der Waals surface area (Å²) in [5.74, 6) is 3.27. The maximum absolute atomic E-state index is 5.39. The fraction of sp³-hybridized carbons (Fsp3) is 0.0784. The minimum atomic E-state index is -0.389. The van der Waals surface area contributed by atoms with Crippen LogP contribution in [0, 0.1) is 0 Å². The molecule has 1 N–H and O–H groups in total. The second-order valence-electron chi connectivity index (χ2n) is 14.9. The molecule has 7 aromatic carbocycles. The van der Waals surface area contributed by atoms with Crippen molar-refractivity contribution in [1.29, 1.82) is 0 Å². The molecule has 2 aliphatic heterocycles. The molecule has 6 nitrogen and oxygen atoms in total. The van der Waals surface area contributed by atoms with Crippen LogP contribution in [0.5, 0.6) is 0 Å². The lowest BCUT2D eigenvalue weighted by Gasteiger charge is -2.36. The summed E-state index contributed by atoms with van der Waals surface area (Å²) >= 11 is 1.83. The Kier molecular flexibility index (Phi) is 9.07. The first-order valence-electron chi connectivity index (χ1n) is 19.5. The van der Waals surface area contributed by atoms with E-state index in [9.17, 15) is 0 Å². The van der Waals surface area contributed by atoms with Gasteiger partial charge in [0.2, 0.25) is 0 Å². The van der Waals surface area contributed by atoms with Gasteiger partial charge in [-0.2, -0.15) is 0 Å². The van der Waals surface area contributed by atoms with E-state index in [1.165, 1.54) is 20.9 Å². The molecule has 3 heterocycles. The molecule has 58 heavy (non-hydrogen) atoms. The van der Waals surface area contributed by atoms with Crippen LogP contribution in [0.3, 0.4) is 0 Å². The van der Waals surface area contributed by atoms with Crippen molar-refractivity contribution in [3.8, 4) is 45.3 Å². The molecule has 0 saturated heterocycles. The van der Waals surface area contributed by atoms with Crippen LogP contribution in [0.4, 0.5) is 0 Å². The van der Waals surface area contributed by atoms with Crippen molar-refractivity contribution in [2.45, 2.75) is 35.2 Å². The first kappa shape index (κ1) is 35.5. The van der Waals surface area contributed by atoms with Gasteiger partial charge in [0.15, 0.2) is 23.3 Å². The van der Waals surface area contributed by atoms with Gasteiger partial charge in [-0.1, -0.05) is 202 Å². The minimum Gasteiger partial charge on any atom is -0.344 e. The van der Waals surface area contributed by atoms with Crippen LogP contribution in [-0.2, 0) is 5.41 Å². The van der Waals surface area contributed by atoms with E-state index < -0.39 is 0 Å². The Morgan fingerprint density at radius 1 is 0.466 bits per heavy atom. The monoisotopic (exact) mass is 766 g/mol. The van der Waals surface area contributed by atoms with E-state index in [0.29, 0.717) is 23.3 Å². The number of hydrogen-bond donors (Lipinski definition) is 1. The van der Waals surface area contributed by atoms with Gasteiger partial charge < -0.3 is 5.32 Å². The number of nitrogens with one attached hydrogen (secondary N) is 1. The van der Waals surface area contributed by atoms with Gasteiger partial charge >= 0.3 is 0 Å². The molecule has 2 aliphatic rings. The molecule has 0 radical (unpaired) electrons. The zero-order valence-corrected chi connectivity index (χ0v) is 32.9. The normalized spacial score (nSPS) is 15.3. The lowest BCUT2D eigenvalue weighted by Crippen LogP contribution is -2.35. The molecule has 10 rings (SSSR count). The van der Waals surface area contributed by atoms with Gasteiger partial charge in [0.05, 0.1) is 0 Å². The Bertz CT molecular complexity index is 2800. The van der Waals surface area contributed by atoms with E-state index >= 15 is 0 Å². The van der Waals surface area contributed by atoms with Gasteiger partial charge in [-0.25, -0.2) is 24.9 Å². The highest BCUT2D eigenvalue weighted by Crippen LogP contribution is 2.51. The number of rotatable bonds is 7. The molecule has 0 fully saturated rings. The fourth-order valence-corrected chi connectivity index (χ4v) is 9.37. The maximum atomic E-state index is 5.39. The molecule has 0 spiro atoms. The van der Waals surface area contributed by atoms with E-state index in [-0.39, 0.29) is 11.6 Å². The van der Waals surface area contributed by atoms with E-state index in [2.05, 4.69) is 134 Å². The third-order valence-electron chi connectivity index (χ3n) is 10.9. The molecule has 1 aromatic heterocycles. The molecule has 0 saturated carbocycles. The summed E-state index contributed by atoms with van der Waals surface area (Å²) < 4.78 is 0. The predicted octanol–water partition coefficient (Wildman–Crippen LogP) is 11.8. The number of hydrogen-bond acceptors (Lipinski definition) is 7. The Hall–Kier alpha value is -6.96. The minimum absolute atomic E-state index is 0.170. The van der Waals surface area contributed by atoms with E-state index in [1.807, 2.05) is 78.5 Å². The standard InChI is InChI=1S/C51H38N6S/c1-51(2)41-26-14-15-28-43(41)58-44-40(25-16-27-42(44)51)50-56-48(55-49(57-50)39-24-13-12-23-38(39)33-17-6-3-7-18-33)37-31-29-36(30-32-37)47-53-45(34-19-8-4-9-20-34)52-46(54-47)35-21-10-5-11-22-35/h3-32,50H,1-2H3,(H,55,56,57). The third kappa shape index (κ3) is 6.59. The first-order valence-corrected chi connectivity index (χ1v) is 20.3. The van der Waals surface area contributed by atoms with Crippen molar-refractivity contribution in [3.05, 3.63) is 210 Å². The van der Waals surface area contributed by atoms with Gasteiger partial charge in [-0.05, 0) is 28.3 Å².